The Morgan fingerprint density at radius 3 is 2.45 bits per heavy atom. The first-order valence-electron chi connectivity index (χ1n) is 10.7. The van der Waals surface area contributed by atoms with Gasteiger partial charge >= 0.3 is 6.18 Å². The van der Waals surface area contributed by atoms with E-state index in [-0.39, 0.29) is 11.5 Å². The van der Waals surface area contributed by atoms with Gasteiger partial charge in [0.15, 0.2) is 0 Å². The summed E-state index contributed by atoms with van der Waals surface area (Å²) in [6, 6.07) is 3.34. The van der Waals surface area contributed by atoms with Crippen LogP contribution in [0.2, 0.25) is 0 Å². The lowest BCUT2D eigenvalue weighted by Gasteiger charge is -2.41. The summed E-state index contributed by atoms with van der Waals surface area (Å²) in [5.41, 5.74) is -1.04. The SMILES string of the molecule is C=CCC[C@@H]1CC[C@@H]2c3cc(F)c(-c4ccc(C(F)(F)F)c(F)c4)c(F)c3CC[C@@H]2C1. The molecule has 0 aliphatic heterocycles. The fourth-order valence-corrected chi connectivity index (χ4v) is 5.46. The molecular formula is C25H24F6. The summed E-state index contributed by atoms with van der Waals surface area (Å²) in [7, 11) is 0. The van der Waals surface area contributed by atoms with Crippen LogP contribution in [-0.2, 0) is 12.6 Å². The zero-order valence-corrected chi connectivity index (χ0v) is 17.0. The second-order valence-electron chi connectivity index (χ2n) is 8.76. The van der Waals surface area contributed by atoms with Crippen LogP contribution in [0.4, 0.5) is 26.3 Å². The summed E-state index contributed by atoms with van der Waals surface area (Å²) in [5, 5.41) is 0. The Bertz CT molecular complexity index is 990. The molecule has 0 spiro atoms. The van der Waals surface area contributed by atoms with Crippen molar-refractivity contribution in [1.29, 1.82) is 0 Å². The molecule has 4 rings (SSSR count). The number of alkyl halides is 3. The maximum Gasteiger partial charge on any atom is 0.419 e. The van der Waals surface area contributed by atoms with E-state index in [0.717, 1.165) is 44.6 Å². The van der Waals surface area contributed by atoms with Gasteiger partial charge in [-0.05, 0) is 97.6 Å². The predicted molar refractivity (Wildman–Crippen MR) is 108 cm³/mol. The van der Waals surface area contributed by atoms with Gasteiger partial charge in [-0.15, -0.1) is 6.58 Å². The third kappa shape index (κ3) is 4.13. The van der Waals surface area contributed by atoms with Crippen LogP contribution in [0, 0.1) is 29.3 Å². The molecule has 0 aromatic heterocycles. The Balaban J connectivity index is 1.67. The standard InChI is InChI=1S/C25H24F6/c1-2-3-4-14-5-8-17-15(11-14)6-9-18-19(17)13-22(27)23(24(18)28)16-7-10-20(21(26)12-16)25(29,30)31/h2,7,10,12-15,17H,1,3-6,8-9,11H2/t14-,15-,17+/m1/s1. The van der Waals surface area contributed by atoms with Crippen LogP contribution < -0.4 is 0 Å². The van der Waals surface area contributed by atoms with E-state index in [0.29, 0.717) is 41.5 Å². The largest absolute Gasteiger partial charge is 0.419 e. The minimum atomic E-state index is -4.87. The second-order valence-corrected chi connectivity index (χ2v) is 8.76. The van der Waals surface area contributed by atoms with Crippen molar-refractivity contribution < 1.29 is 26.3 Å². The van der Waals surface area contributed by atoms with Crippen molar-refractivity contribution in [2.24, 2.45) is 11.8 Å². The fourth-order valence-electron chi connectivity index (χ4n) is 5.46. The maximum absolute atomic E-state index is 15.4. The molecule has 0 nitrogen and oxygen atoms in total. The first-order valence-corrected chi connectivity index (χ1v) is 10.7. The summed E-state index contributed by atoms with van der Waals surface area (Å²) in [6.45, 7) is 3.77. The average molecular weight is 438 g/mol. The number of allylic oxidation sites excluding steroid dienone is 1. The molecule has 0 amide bonds. The highest BCUT2D eigenvalue weighted by Gasteiger charge is 2.38. The van der Waals surface area contributed by atoms with Gasteiger partial charge in [0.1, 0.15) is 17.5 Å². The Labute approximate surface area is 178 Å². The normalized spacial score (nSPS) is 23.2. The molecular weight excluding hydrogens is 414 g/mol. The van der Waals surface area contributed by atoms with Gasteiger partial charge in [0, 0.05) is 0 Å². The first-order chi connectivity index (χ1) is 14.7. The van der Waals surface area contributed by atoms with Crippen LogP contribution >= 0.6 is 0 Å². The highest BCUT2D eigenvalue weighted by Crippen LogP contribution is 2.49. The summed E-state index contributed by atoms with van der Waals surface area (Å²) < 4.78 is 82.9. The number of fused-ring (bicyclic) bond motifs is 3. The van der Waals surface area contributed by atoms with E-state index in [1.165, 1.54) is 6.07 Å². The van der Waals surface area contributed by atoms with Crippen molar-refractivity contribution in [3.63, 3.8) is 0 Å². The number of hydrogen-bond donors (Lipinski definition) is 0. The van der Waals surface area contributed by atoms with Gasteiger partial charge in [-0.25, -0.2) is 13.2 Å². The van der Waals surface area contributed by atoms with Crippen molar-refractivity contribution in [2.75, 3.05) is 0 Å². The molecule has 2 aliphatic carbocycles. The highest BCUT2D eigenvalue weighted by atomic mass is 19.4. The quantitative estimate of drug-likeness (QED) is 0.333. The monoisotopic (exact) mass is 438 g/mol. The Morgan fingerprint density at radius 1 is 1.00 bits per heavy atom. The summed E-state index contributed by atoms with van der Waals surface area (Å²) in [5.74, 6) is -2.11. The molecule has 1 saturated carbocycles. The molecule has 166 valence electrons. The molecule has 0 radical (unpaired) electrons. The Morgan fingerprint density at radius 2 is 1.77 bits per heavy atom. The average Bonchev–Trinajstić information content (AvgIpc) is 2.71. The number of hydrogen-bond acceptors (Lipinski definition) is 0. The smallest absolute Gasteiger partial charge is 0.206 e. The molecule has 3 atom stereocenters. The van der Waals surface area contributed by atoms with Gasteiger partial charge in [-0.3, -0.25) is 0 Å². The van der Waals surface area contributed by atoms with Crippen molar-refractivity contribution >= 4 is 0 Å². The minimum Gasteiger partial charge on any atom is -0.206 e. The fraction of sp³-hybridized carbons (Fsp3) is 0.440. The van der Waals surface area contributed by atoms with Crippen LogP contribution in [0.5, 0.6) is 0 Å². The van der Waals surface area contributed by atoms with Crippen LogP contribution in [0.15, 0.2) is 36.9 Å². The predicted octanol–water partition coefficient (Wildman–Crippen LogP) is 8.20. The highest BCUT2D eigenvalue weighted by molar-refractivity contribution is 5.68. The second kappa shape index (κ2) is 8.36. The molecule has 0 heterocycles. The van der Waals surface area contributed by atoms with Crippen molar-refractivity contribution in [3.05, 3.63) is 71.1 Å². The topological polar surface area (TPSA) is 0 Å². The number of rotatable bonds is 4. The summed E-state index contributed by atoms with van der Waals surface area (Å²) >= 11 is 0. The van der Waals surface area contributed by atoms with E-state index in [2.05, 4.69) is 6.58 Å². The van der Waals surface area contributed by atoms with Gasteiger partial charge in [0.05, 0.1) is 11.1 Å². The molecule has 6 heteroatoms. The van der Waals surface area contributed by atoms with E-state index in [4.69, 9.17) is 0 Å². The Kier molecular flexibility index (Phi) is 5.93. The van der Waals surface area contributed by atoms with E-state index < -0.39 is 34.8 Å². The zero-order chi connectivity index (χ0) is 22.3. The lowest BCUT2D eigenvalue weighted by atomic mass is 9.64. The van der Waals surface area contributed by atoms with Crippen molar-refractivity contribution in [1.82, 2.24) is 0 Å². The van der Waals surface area contributed by atoms with Crippen LogP contribution in [0.3, 0.4) is 0 Å². The third-order valence-electron chi connectivity index (χ3n) is 6.95. The van der Waals surface area contributed by atoms with Crippen LogP contribution in [0.1, 0.15) is 61.1 Å². The van der Waals surface area contributed by atoms with Gasteiger partial charge in [-0.2, -0.15) is 13.2 Å². The first kappa shape index (κ1) is 22.0. The zero-order valence-electron chi connectivity index (χ0n) is 17.0. The minimum absolute atomic E-state index is 0.0890. The number of halogens is 6. The third-order valence-corrected chi connectivity index (χ3v) is 6.95. The summed E-state index contributed by atoms with van der Waals surface area (Å²) in [6.07, 6.45) is 3.26. The molecule has 2 aliphatic rings. The van der Waals surface area contributed by atoms with E-state index in [9.17, 15) is 22.0 Å². The summed E-state index contributed by atoms with van der Waals surface area (Å²) in [4.78, 5) is 0. The molecule has 1 fully saturated rings. The molecule has 31 heavy (non-hydrogen) atoms. The molecule has 0 N–H and O–H groups in total. The van der Waals surface area contributed by atoms with Crippen molar-refractivity contribution in [3.8, 4) is 11.1 Å². The van der Waals surface area contributed by atoms with Crippen molar-refractivity contribution in [2.45, 2.75) is 57.0 Å². The molecule has 0 bridgehead atoms. The molecule has 0 unspecified atom stereocenters. The van der Waals surface area contributed by atoms with E-state index >= 15 is 4.39 Å². The molecule has 0 saturated heterocycles. The van der Waals surface area contributed by atoms with E-state index in [1.54, 1.807) is 0 Å². The molecule has 2 aromatic carbocycles. The van der Waals surface area contributed by atoms with Gasteiger partial charge in [0.25, 0.3) is 0 Å². The molecule has 2 aromatic rings. The van der Waals surface area contributed by atoms with Gasteiger partial charge < -0.3 is 0 Å². The number of benzene rings is 2. The lowest BCUT2D eigenvalue weighted by Crippen LogP contribution is -2.29. The van der Waals surface area contributed by atoms with Gasteiger partial charge in [0.2, 0.25) is 0 Å². The maximum atomic E-state index is 15.4. The van der Waals surface area contributed by atoms with Crippen LogP contribution in [0.25, 0.3) is 11.1 Å². The van der Waals surface area contributed by atoms with Gasteiger partial charge in [-0.1, -0.05) is 12.1 Å². The lowest BCUT2D eigenvalue weighted by molar-refractivity contribution is -0.139. The van der Waals surface area contributed by atoms with E-state index in [1.807, 2.05) is 6.08 Å². The van der Waals surface area contributed by atoms with Crippen LogP contribution in [-0.4, -0.2) is 0 Å². The Hall–Kier alpha value is -2.24.